The van der Waals surface area contributed by atoms with Crippen LogP contribution in [0, 0.1) is 19.7 Å². The van der Waals surface area contributed by atoms with E-state index < -0.39 is 23.5 Å². The number of aliphatic hydroxyl groups excluding tert-OH is 1. The summed E-state index contributed by atoms with van der Waals surface area (Å²) in [6, 6.07) is 8.47. The molecular weight excluding hydrogens is 407 g/mol. The normalized spacial score (nSPS) is 16.6. The zero-order valence-corrected chi connectivity index (χ0v) is 17.2. The quantitative estimate of drug-likeness (QED) is 0.594. The van der Waals surface area contributed by atoms with Crippen molar-refractivity contribution >= 4 is 23.0 Å². The number of aryl methyl sites for hydroxylation is 2. The van der Waals surface area contributed by atoms with Crippen molar-refractivity contribution in [3.63, 3.8) is 0 Å². The second kappa shape index (κ2) is 7.87. The van der Waals surface area contributed by atoms with Gasteiger partial charge in [0, 0.05) is 6.54 Å². The molecule has 30 heavy (non-hydrogen) atoms. The summed E-state index contributed by atoms with van der Waals surface area (Å²) >= 11 is 1.22. The number of hydrogen-bond donors (Lipinski definition) is 1. The van der Waals surface area contributed by atoms with Crippen LogP contribution in [-0.4, -0.2) is 33.2 Å². The van der Waals surface area contributed by atoms with Gasteiger partial charge in [0.25, 0.3) is 5.91 Å². The van der Waals surface area contributed by atoms with E-state index in [0.29, 0.717) is 22.8 Å². The topological polar surface area (TPSA) is 83.6 Å². The molecule has 1 aliphatic rings. The number of furan rings is 1. The molecule has 0 saturated carbocycles. The van der Waals surface area contributed by atoms with Crippen LogP contribution in [0.4, 0.5) is 4.39 Å². The maximum atomic E-state index is 13.3. The Kier molecular flexibility index (Phi) is 5.26. The lowest BCUT2D eigenvalue weighted by molar-refractivity contribution is -0.129. The fourth-order valence-electron chi connectivity index (χ4n) is 3.62. The number of halogens is 1. The Labute approximate surface area is 176 Å². The standard InChI is InChI=1S/C22H19FN2O4S/c1-12-21(30-13(2)24-12)19(26)17-18(16-4-3-11-29-16)25(22(28)20(17)27)10-9-14-5-7-15(23)8-6-14/h3-8,11,18,27H,9-10H2,1-2H3. The third-order valence-electron chi connectivity index (χ3n) is 5.03. The number of Topliss-reactive ketones (excluding diaryl/α,β-unsaturated/α-hetero) is 1. The van der Waals surface area contributed by atoms with Gasteiger partial charge in [-0.25, -0.2) is 9.37 Å². The molecule has 1 amide bonds. The van der Waals surface area contributed by atoms with E-state index in [1.54, 1.807) is 38.1 Å². The highest BCUT2D eigenvalue weighted by Gasteiger charge is 2.45. The van der Waals surface area contributed by atoms with Gasteiger partial charge in [0.2, 0.25) is 5.78 Å². The monoisotopic (exact) mass is 426 g/mol. The zero-order chi connectivity index (χ0) is 21.4. The highest BCUT2D eigenvalue weighted by atomic mass is 32.1. The van der Waals surface area contributed by atoms with E-state index in [2.05, 4.69) is 4.98 Å². The van der Waals surface area contributed by atoms with Crippen LogP contribution in [-0.2, 0) is 11.2 Å². The molecule has 4 rings (SSSR count). The first-order chi connectivity index (χ1) is 14.4. The molecule has 3 heterocycles. The molecule has 1 unspecified atom stereocenters. The van der Waals surface area contributed by atoms with Gasteiger partial charge >= 0.3 is 0 Å². The maximum absolute atomic E-state index is 13.3. The van der Waals surface area contributed by atoms with Crippen LogP contribution < -0.4 is 0 Å². The van der Waals surface area contributed by atoms with E-state index >= 15 is 0 Å². The second-order valence-electron chi connectivity index (χ2n) is 7.03. The number of aromatic nitrogens is 1. The van der Waals surface area contributed by atoms with Gasteiger partial charge in [-0.15, -0.1) is 11.3 Å². The van der Waals surface area contributed by atoms with E-state index in [1.807, 2.05) is 0 Å². The number of rotatable bonds is 6. The number of aliphatic hydroxyl groups is 1. The first-order valence-electron chi connectivity index (χ1n) is 9.37. The summed E-state index contributed by atoms with van der Waals surface area (Å²) in [6.07, 6.45) is 1.88. The first kappa shape index (κ1) is 20.0. The van der Waals surface area contributed by atoms with Gasteiger partial charge in [-0.3, -0.25) is 9.59 Å². The molecule has 1 aliphatic heterocycles. The molecule has 1 atom stereocenters. The Morgan fingerprint density at radius 2 is 2.00 bits per heavy atom. The van der Waals surface area contributed by atoms with Crippen LogP contribution in [0.3, 0.4) is 0 Å². The Hall–Kier alpha value is -3.26. The number of carbonyl (C=O) groups excluding carboxylic acids is 2. The summed E-state index contributed by atoms with van der Waals surface area (Å²) in [4.78, 5) is 32.2. The van der Waals surface area contributed by atoms with Crippen molar-refractivity contribution in [3.05, 3.63) is 86.7 Å². The van der Waals surface area contributed by atoms with E-state index in [9.17, 15) is 19.1 Å². The summed E-state index contributed by atoms with van der Waals surface area (Å²) < 4.78 is 18.7. The SMILES string of the molecule is Cc1nc(C)c(C(=O)C2=C(O)C(=O)N(CCc3ccc(F)cc3)C2c2ccco2)s1. The fraction of sp³-hybridized carbons (Fsp3) is 0.227. The molecule has 8 heteroatoms. The fourth-order valence-corrected chi connectivity index (χ4v) is 4.50. The van der Waals surface area contributed by atoms with Gasteiger partial charge in [-0.05, 0) is 50.1 Å². The minimum atomic E-state index is -0.845. The number of thiazole rings is 1. The smallest absolute Gasteiger partial charge is 0.290 e. The Morgan fingerprint density at radius 3 is 2.60 bits per heavy atom. The predicted molar refractivity (Wildman–Crippen MR) is 109 cm³/mol. The van der Waals surface area contributed by atoms with Gasteiger partial charge in [0.05, 0.1) is 27.4 Å². The largest absolute Gasteiger partial charge is 0.503 e. The van der Waals surface area contributed by atoms with Crippen molar-refractivity contribution in [3.8, 4) is 0 Å². The molecule has 2 aromatic heterocycles. The second-order valence-corrected chi connectivity index (χ2v) is 8.23. The number of ketones is 1. The van der Waals surface area contributed by atoms with E-state index in [4.69, 9.17) is 4.42 Å². The van der Waals surface area contributed by atoms with Crippen molar-refractivity contribution in [2.24, 2.45) is 0 Å². The minimum absolute atomic E-state index is 0.0131. The maximum Gasteiger partial charge on any atom is 0.290 e. The highest BCUT2D eigenvalue weighted by molar-refractivity contribution is 7.14. The lowest BCUT2D eigenvalue weighted by Crippen LogP contribution is -2.32. The third kappa shape index (κ3) is 3.54. The molecular formula is C22H19FN2O4S. The summed E-state index contributed by atoms with van der Waals surface area (Å²) in [5.41, 5.74) is 1.37. The third-order valence-corrected chi connectivity index (χ3v) is 6.10. The van der Waals surface area contributed by atoms with Crippen molar-refractivity contribution in [1.82, 2.24) is 9.88 Å². The van der Waals surface area contributed by atoms with Gasteiger partial charge in [-0.2, -0.15) is 0 Å². The van der Waals surface area contributed by atoms with Crippen molar-refractivity contribution < 1.29 is 23.5 Å². The van der Waals surface area contributed by atoms with Crippen LogP contribution in [0.15, 0.2) is 58.4 Å². The summed E-state index contributed by atoms with van der Waals surface area (Å²) in [5, 5.41) is 11.3. The molecule has 1 aromatic carbocycles. The van der Waals surface area contributed by atoms with Gasteiger partial charge in [-0.1, -0.05) is 12.1 Å². The molecule has 6 nitrogen and oxygen atoms in total. The Morgan fingerprint density at radius 1 is 1.27 bits per heavy atom. The van der Waals surface area contributed by atoms with Crippen LogP contribution >= 0.6 is 11.3 Å². The van der Waals surface area contributed by atoms with E-state index in [1.165, 1.54) is 34.6 Å². The average molecular weight is 426 g/mol. The summed E-state index contributed by atoms with van der Waals surface area (Å²) in [5.74, 6) is -1.61. The molecule has 154 valence electrons. The molecule has 0 fully saturated rings. The van der Waals surface area contributed by atoms with E-state index in [0.717, 1.165) is 10.6 Å². The number of nitrogens with zero attached hydrogens (tertiary/aromatic N) is 2. The van der Waals surface area contributed by atoms with Gasteiger partial charge in [0.1, 0.15) is 17.6 Å². The molecule has 0 spiro atoms. The van der Waals surface area contributed by atoms with Gasteiger partial charge < -0.3 is 14.4 Å². The summed E-state index contributed by atoms with van der Waals surface area (Å²) in [7, 11) is 0. The van der Waals surface area contributed by atoms with Crippen LogP contribution in [0.1, 0.15) is 37.7 Å². The first-order valence-corrected chi connectivity index (χ1v) is 10.2. The molecule has 0 radical (unpaired) electrons. The summed E-state index contributed by atoms with van der Waals surface area (Å²) in [6.45, 7) is 3.73. The van der Waals surface area contributed by atoms with Crippen molar-refractivity contribution in [2.75, 3.05) is 6.54 Å². The Bertz CT molecular complexity index is 1130. The Balaban J connectivity index is 1.68. The van der Waals surface area contributed by atoms with Gasteiger partial charge in [0.15, 0.2) is 5.76 Å². The lowest BCUT2D eigenvalue weighted by atomic mass is 9.99. The zero-order valence-electron chi connectivity index (χ0n) is 16.4. The van der Waals surface area contributed by atoms with Crippen LogP contribution in [0.25, 0.3) is 0 Å². The van der Waals surface area contributed by atoms with Crippen molar-refractivity contribution in [1.29, 1.82) is 0 Å². The molecule has 0 saturated heterocycles. The van der Waals surface area contributed by atoms with Crippen LogP contribution in [0.5, 0.6) is 0 Å². The number of amides is 1. The van der Waals surface area contributed by atoms with E-state index in [-0.39, 0.29) is 17.9 Å². The molecule has 1 N–H and O–H groups in total. The average Bonchev–Trinajstić information content (AvgIpc) is 3.41. The molecule has 0 aliphatic carbocycles. The van der Waals surface area contributed by atoms with Crippen molar-refractivity contribution in [2.45, 2.75) is 26.3 Å². The highest BCUT2D eigenvalue weighted by Crippen LogP contribution is 2.40. The molecule has 3 aromatic rings. The minimum Gasteiger partial charge on any atom is -0.503 e. The number of benzene rings is 1. The number of carbonyl (C=O) groups is 2. The predicted octanol–water partition coefficient (Wildman–Crippen LogP) is 4.31. The molecule has 0 bridgehead atoms. The van der Waals surface area contributed by atoms with Crippen LogP contribution in [0.2, 0.25) is 0 Å². The lowest BCUT2D eigenvalue weighted by Gasteiger charge is -2.24. The number of hydrogen-bond acceptors (Lipinski definition) is 6.